The molecule has 0 aromatic heterocycles. The molecule has 0 bridgehead atoms. The van der Waals surface area contributed by atoms with E-state index in [1.165, 1.54) is 0 Å². The number of hydrogen-bond donors (Lipinski definition) is 3. The van der Waals surface area contributed by atoms with Crippen LogP contribution in [0.1, 0.15) is 58.8 Å². The van der Waals surface area contributed by atoms with E-state index in [2.05, 4.69) is 24.5 Å². The lowest BCUT2D eigenvalue weighted by atomic mass is 9.75. The highest BCUT2D eigenvalue weighted by molar-refractivity contribution is 5.94. The van der Waals surface area contributed by atoms with E-state index in [9.17, 15) is 14.4 Å². The van der Waals surface area contributed by atoms with Gasteiger partial charge in [0, 0.05) is 18.9 Å². The van der Waals surface area contributed by atoms with Crippen LogP contribution >= 0.6 is 0 Å². The standard InChI is InChI=1S/C14H24N2O4/c1-14(2)8-4-5-10(9-14)15-13(20)16-11(17)6-3-7-12(18)19/h10H,3-9H2,1-2H3,(H,18,19)(H2,15,16,17,20). The van der Waals surface area contributed by atoms with Gasteiger partial charge in [0.1, 0.15) is 0 Å². The molecular weight excluding hydrogens is 260 g/mol. The van der Waals surface area contributed by atoms with E-state index >= 15 is 0 Å². The third kappa shape index (κ3) is 6.54. The first-order chi connectivity index (χ1) is 9.28. The number of carbonyl (C=O) groups is 3. The number of imide groups is 1. The van der Waals surface area contributed by atoms with Crippen molar-refractivity contribution in [2.45, 2.75) is 64.8 Å². The number of urea groups is 1. The number of carboxylic acid groups (broad SMARTS) is 1. The van der Waals surface area contributed by atoms with Crippen molar-refractivity contribution in [3.05, 3.63) is 0 Å². The molecule has 0 saturated heterocycles. The predicted molar refractivity (Wildman–Crippen MR) is 74.2 cm³/mol. The Hall–Kier alpha value is -1.59. The first-order valence-corrected chi connectivity index (χ1v) is 7.11. The van der Waals surface area contributed by atoms with E-state index in [0.29, 0.717) is 0 Å². The van der Waals surface area contributed by atoms with Crippen LogP contribution in [0.2, 0.25) is 0 Å². The van der Waals surface area contributed by atoms with Gasteiger partial charge in [-0.2, -0.15) is 0 Å². The molecule has 3 N–H and O–H groups in total. The van der Waals surface area contributed by atoms with Gasteiger partial charge in [-0.05, 0) is 31.1 Å². The predicted octanol–water partition coefficient (Wildman–Crippen LogP) is 2.04. The lowest BCUT2D eigenvalue weighted by Gasteiger charge is -2.35. The zero-order chi connectivity index (χ0) is 15.2. The first-order valence-electron chi connectivity index (χ1n) is 7.11. The molecule has 1 aliphatic carbocycles. The van der Waals surface area contributed by atoms with Crippen molar-refractivity contribution in [2.24, 2.45) is 5.41 Å². The van der Waals surface area contributed by atoms with Gasteiger partial charge in [-0.3, -0.25) is 14.9 Å². The zero-order valence-corrected chi connectivity index (χ0v) is 12.2. The maximum atomic E-state index is 11.7. The summed E-state index contributed by atoms with van der Waals surface area (Å²) < 4.78 is 0. The number of aliphatic carboxylic acids is 1. The molecule has 6 heteroatoms. The summed E-state index contributed by atoms with van der Waals surface area (Å²) in [5.41, 5.74) is 0.224. The maximum Gasteiger partial charge on any atom is 0.321 e. The quantitative estimate of drug-likeness (QED) is 0.720. The lowest BCUT2D eigenvalue weighted by Crippen LogP contribution is -2.47. The molecule has 1 saturated carbocycles. The molecule has 3 amide bonds. The Balaban J connectivity index is 2.25. The SMILES string of the molecule is CC1(C)CCCC(NC(=O)NC(=O)CCCC(=O)O)C1. The fraction of sp³-hybridized carbons (Fsp3) is 0.786. The molecule has 114 valence electrons. The van der Waals surface area contributed by atoms with E-state index in [1.54, 1.807) is 0 Å². The van der Waals surface area contributed by atoms with Crippen LogP contribution in [0.4, 0.5) is 4.79 Å². The van der Waals surface area contributed by atoms with Gasteiger partial charge in [0.25, 0.3) is 0 Å². The second kappa shape index (κ2) is 7.26. The molecule has 0 aromatic carbocycles. The van der Waals surface area contributed by atoms with Crippen molar-refractivity contribution < 1.29 is 19.5 Å². The minimum atomic E-state index is -0.938. The van der Waals surface area contributed by atoms with Crippen molar-refractivity contribution in [3.63, 3.8) is 0 Å². The molecular formula is C14H24N2O4. The van der Waals surface area contributed by atoms with Gasteiger partial charge in [0.2, 0.25) is 5.91 Å². The summed E-state index contributed by atoms with van der Waals surface area (Å²) in [6.45, 7) is 4.35. The average Bonchev–Trinajstić information content (AvgIpc) is 2.26. The Labute approximate surface area is 119 Å². The van der Waals surface area contributed by atoms with Crippen LogP contribution in [0.15, 0.2) is 0 Å². The smallest absolute Gasteiger partial charge is 0.321 e. The number of hydrogen-bond acceptors (Lipinski definition) is 3. The number of amides is 3. The molecule has 1 aliphatic rings. The Kier molecular flexibility index (Phi) is 5.98. The monoisotopic (exact) mass is 284 g/mol. The van der Waals surface area contributed by atoms with Crippen molar-refractivity contribution in [2.75, 3.05) is 0 Å². The molecule has 1 rings (SSSR count). The van der Waals surface area contributed by atoms with Crippen molar-refractivity contribution in [1.82, 2.24) is 10.6 Å². The van der Waals surface area contributed by atoms with E-state index in [1.807, 2.05) is 0 Å². The lowest BCUT2D eigenvalue weighted by molar-refractivity contribution is -0.137. The van der Waals surface area contributed by atoms with Crippen molar-refractivity contribution in [1.29, 1.82) is 0 Å². The number of carbonyl (C=O) groups excluding carboxylic acids is 2. The second-order valence-corrected chi connectivity index (χ2v) is 6.23. The third-order valence-corrected chi connectivity index (χ3v) is 3.59. The van der Waals surface area contributed by atoms with Crippen LogP contribution in [0.5, 0.6) is 0 Å². The van der Waals surface area contributed by atoms with Crippen molar-refractivity contribution in [3.8, 4) is 0 Å². The van der Waals surface area contributed by atoms with Crippen LogP contribution in [-0.2, 0) is 9.59 Å². The summed E-state index contributed by atoms with van der Waals surface area (Å²) in [6.07, 6.45) is 4.30. The molecule has 0 heterocycles. The fourth-order valence-electron chi connectivity index (χ4n) is 2.63. The summed E-state index contributed by atoms with van der Waals surface area (Å²) >= 11 is 0. The molecule has 0 spiro atoms. The summed E-state index contributed by atoms with van der Waals surface area (Å²) in [7, 11) is 0. The number of nitrogens with one attached hydrogen (secondary N) is 2. The molecule has 0 aliphatic heterocycles. The molecule has 0 aromatic rings. The molecule has 1 fully saturated rings. The minimum absolute atomic E-state index is 0.0515. The van der Waals surface area contributed by atoms with E-state index in [0.717, 1.165) is 25.7 Å². The molecule has 20 heavy (non-hydrogen) atoms. The normalized spacial score (nSPS) is 21.0. The van der Waals surface area contributed by atoms with Crippen LogP contribution in [-0.4, -0.2) is 29.1 Å². The van der Waals surface area contributed by atoms with Crippen LogP contribution < -0.4 is 10.6 Å². The van der Waals surface area contributed by atoms with Gasteiger partial charge >= 0.3 is 12.0 Å². The zero-order valence-electron chi connectivity index (χ0n) is 12.2. The Morgan fingerprint density at radius 2 is 1.95 bits per heavy atom. The van der Waals surface area contributed by atoms with Gasteiger partial charge < -0.3 is 10.4 Å². The van der Waals surface area contributed by atoms with Gasteiger partial charge in [0.05, 0.1) is 0 Å². The highest BCUT2D eigenvalue weighted by atomic mass is 16.4. The molecule has 1 atom stereocenters. The van der Waals surface area contributed by atoms with Crippen molar-refractivity contribution >= 4 is 17.9 Å². The van der Waals surface area contributed by atoms with E-state index in [-0.39, 0.29) is 30.7 Å². The summed E-state index contributed by atoms with van der Waals surface area (Å²) in [5, 5.41) is 13.5. The molecule has 0 radical (unpaired) electrons. The van der Waals surface area contributed by atoms with Gasteiger partial charge in [0.15, 0.2) is 0 Å². The summed E-state index contributed by atoms with van der Waals surface area (Å²) in [6, 6.07) is -0.376. The van der Waals surface area contributed by atoms with E-state index in [4.69, 9.17) is 5.11 Å². The third-order valence-electron chi connectivity index (χ3n) is 3.59. The first kappa shape index (κ1) is 16.5. The number of rotatable bonds is 5. The maximum absolute atomic E-state index is 11.7. The molecule has 6 nitrogen and oxygen atoms in total. The van der Waals surface area contributed by atoms with Gasteiger partial charge in [-0.15, -0.1) is 0 Å². The van der Waals surface area contributed by atoms with Crippen LogP contribution in [0, 0.1) is 5.41 Å². The van der Waals surface area contributed by atoms with E-state index < -0.39 is 17.9 Å². The van der Waals surface area contributed by atoms with Gasteiger partial charge in [-0.25, -0.2) is 4.79 Å². The minimum Gasteiger partial charge on any atom is -0.481 e. The summed E-state index contributed by atoms with van der Waals surface area (Å²) in [5.74, 6) is -1.37. The topological polar surface area (TPSA) is 95.5 Å². The largest absolute Gasteiger partial charge is 0.481 e. The second-order valence-electron chi connectivity index (χ2n) is 6.23. The fourth-order valence-corrected chi connectivity index (χ4v) is 2.63. The average molecular weight is 284 g/mol. The highest BCUT2D eigenvalue weighted by Gasteiger charge is 2.28. The van der Waals surface area contributed by atoms with Crippen LogP contribution in [0.25, 0.3) is 0 Å². The Morgan fingerprint density at radius 1 is 1.25 bits per heavy atom. The van der Waals surface area contributed by atoms with Gasteiger partial charge in [-0.1, -0.05) is 20.3 Å². The number of carboxylic acids is 1. The highest BCUT2D eigenvalue weighted by Crippen LogP contribution is 2.34. The molecule has 1 unspecified atom stereocenters. The Morgan fingerprint density at radius 3 is 2.55 bits per heavy atom. The Bertz CT molecular complexity index is 379. The van der Waals surface area contributed by atoms with Crippen LogP contribution in [0.3, 0.4) is 0 Å². The summed E-state index contributed by atoms with van der Waals surface area (Å²) in [4.78, 5) is 33.4.